The summed E-state index contributed by atoms with van der Waals surface area (Å²) in [4.78, 5) is 15.6. The van der Waals surface area contributed by atoms with Gasteiger partial charge in [0, 0.05) is 24.2 Å². The molecule has 0 spiro atoms. The van der Waals surface area contributed by atoms with Gasteiger partial charge in [-0.1, -0.05) is 0 Å². The molecule has 0 fully saturated rings. The fraction of sp³-hybridized carbons (Fsp3) is 0.455. The molecule has 1 amide bonds. The maximum absolute atomic E-state index is 11.5. The summed E-state index contributed by atoms with van der Waals surface area (Å²) in [6, 6.07) is 3.59. The lowest BCUT2D eigenvalue weighted by Crippen LogP contribution is -2.15. The number of aromatic nitrogens is 1. The van der Waals surface area contributed by atoms with E-state index in [1.807, 2.05) is 13.0 Å². The predicted octanol–water partition coefficient (Wildman–Crippen LogP) is 2.60. The Bertz CT molecular complexity index is 340. The van der Waals surface area contributed by atoms with Gasteiger partial charge >= 0.3 is 0 Å². The van der Waals surface area contributed by atoms with E-state index in [1.54, 1.807) is 19.4 Å². The molecular formula is C11H15BrN2O2. The second kappa shape index (κ2) is 6.60. The Balaban J connectivity index is 2.37. The van der Waals surface area contributed by atoms with Crippen molar-refractivity contribution in [1.82, 2.24) is 4.98 Å². The lowest BCUT2D eigenvalue weighted by molar-refractivity contribution is -0.116. The van der Waals surface area contributed by atoms with Gasteiger partial charge in [-0.3, -0.25) is 4.79 Å². The second-order valence-electron chi connectivity index (χ2n) is 3.49. The van der Waals surface area contributed by atoms with Crippen LogP contribution >= 0.6 is 15.9 Å². The first-order valence-electron chi connectivity index (χ1n) is 5.06. The minimum atomic E-state index is -0.0428. The summed E-state index contributed by atoms with van der Waals surface area (Å²) in [5, 5.41) is 2.72. The molecular weight excluding hydrogens is 272 g/mol. The highest BCUT2D eigenvalue weighted by Gasteiger charge is 2.06. The summed E-state index contributed by atoms with van der Waals surface area (Å²) in [5.74, 6) is 0.525. The van der Waals surface area contributed by atoms with Gasteiger partial charge in [-0.15, -0.1) is 0 Å². The molecule has 0 saturated heterocycles. The van der Waals surface area contributed by atoms with E-state index in [9.17, 15) is 4.79 Å². The quantitative estimate of drug-likeness (QED) is 0.905. The Hall–Kier alpha value is -0.940. The third kappa shape index (κ3) is 4.72. The van der Waals surface area contributed by atoms with Gasteiger partial charge < -0.3 is 10.1 Å². The van der Waals surface area contributed by atoms with Crippen molar-refractivity contribution in [3.8, 4) is 0 Å². The summed E-state index contributed by atoms with van der Waals surface area (Å²) >= 11 is 3.28. The van der Waals surface area contributed by atoms with Crippen LogP contribution in [0, 0.1) is 0 Å². The molecule has 0 radical (unpaired) electrons. The third-order valence-corrected chi connectivity index (χ3v) is 2.64. The Kier molecular flexibility index (Phi) is 5.42. The number of nitrogens with zero attached hydrogens (tertiary/aromatic N) is 1. The number of rotatable bonds is 5. The highest BCUT2D eigenvalue weighted by Crippen LogP contribution is 2.11. The lowest BCUT2D eigenvalue weighted by atomic mass is 10.2. The molecule has 1 aromatic rings. The van der Waals surface area contributed by atoms with Crippen molar-refractivity contribution in [2.24, 2.45) is 0 Å². The van der Waals surface area contributed by atoms with Crippen LogP contribution in [0.1, 0.15) is 19.8 Å². The van der Waals surface area contributed by atoms with Gasteiger partial charge in [0.25, 0.3) is 0 Å². The number of hydrogen-bond acceptors (Lipinski definition) is 3. The standard InChI is InChI=1S/C11H15BrN2O2/c1-8(16-2)3-6-11(15)14-10-5-4-9(12)7-13-10/h4-5,7-8H,3,6H2,1-2H3,(H,13,14,15). The number of carbonyl (C=O) groups excluding carboxylic acids is 1. The molecule has 1 unspecified atom stereocenters. The molecule has 1 aromatic heterocycles. The van der Waals surface area contributed by atoms with Crippen LogP contribution in [0.15, 0.2) is 22.8 Å². The Morgan fingerprint density at radius 3 is 2.94 bits per heavy atom. The van der Waals surface area contributed by atoms with Gasteiger partial charge in [0.05, 0.1) is 6.10 Å². The average molecular weight is 287 g/mol. The highest BCUT2D eigenvalue weighted by molar-refractivity contribution is 9.10. The molecule has 1 rings (SSSR count). The number of halogens is 1. The molecule has 1 N–H and O–H groups in total. The number of pyridine rings is 1. The molecule has 4 nitrogen and oxygen atoms in total. The molecule has 0 aliphatic heterocycles. The predicted molar refractivity (Wildman–Crippen MR) is 66.3 cm³/mol. The van der Waals surface area contributed by atoms with Crippen molar-refractivity contribution in [3.05, 3.63) is 22.8 Å². The number of nitrogens with one attached hydrogen (secondary N) is 1. The third-order valence-electron chi connectivity index (χ3n) is 2.18. The van der Waals surface area contributed by atoms with Crippen molar-refractivity contribution in [1.29, 1.82) is 0 Å². The second-order valence-corrected chi connectivity index (χ2v) is 4.41. The van der Waals surface area contributed by atoms with E-state index >= 15 is 0 Å². The number of methoxy groups -OCH3 is 1. The SMILES string of the molecule is COC(C)CCC(=O)Nc1ccc(Br)cn1. The normalized spacial score (nSPS) is 12.2. The van der Waals surface area contributed by atoms with Crippen LogP contribution in [0.25, 0.3) is 0 Å². The summed E-state index contributed by atoms with van der Waals surface area (Å²) in [5.41, 5.74) is 0. The van der Waals surface area contributed by atoms with E-state index < -0.39 is 0 Å². The molecule has 0 aromatic carbocycles. The zero-order valence-corrected chi connectivity index (χ0v) is 11.0. The minimum Gasteiger partial charge on any atom is -0.382 e. The van der Waals surface area contributed by atoms with Crippen molar-refractivity contribution >= 4 is 27.7 Å². The Morgan fingerprint density at radius 1 is 1.62 bits per heavy atom. The van der Waals surface area contributed by atoms with E-state index in [-0.39, 0.29) is 12.0 Å². The van der Waals surface area contributed by atoms with Gasteiger partial charge in [-0.25, -0.2) is 4.98 Å². The molecule has 0 aliphatic rings. The maximum atomic E-state index is 11.5. The van der Waals surface area contributed by atoms with Gasteiger partial charge in [0.15, 0.2) is 0 Å². The molecule has 0 bridgehead atoms. The zero-order valence-electron chi connectivity index (χ0n) is 9.37. The molecule has 1 atom stereocenters. The molecule has 0 saturated carbocycles. The number of hydrogen-bond donors (Lipinski definition) is 1. The van der Waals surface area contributed by atoms with Crippen molar-refractivity contribution in [2.75, 3.05) is 12.4 Å². The fourth-order valence-corrected chi connectivity index (χ4v) is 1.34. The topological polar surface area (TPSA) is 51.2 Å². The van der Waals surface area contributed by atoms with E-state index in [2.05, 4.69) is 26.2 Å². The lowest BCUT2D eigenvalue weighted by Gasteiger charge is -2.08. The number of amides is 1. The van der Waals surface area contributed by atoms with Crippen LogP contribution in [0.4, 0.5) is 5.82 Å². The number of anilines is 1. The molecule has 88 valence electrons. The molecule has 5 heteroatoms. The smallest absolute Gasteiger partial charge is 0.225 e. The van der Waals surface area contributed by atoms with Crippen LogP contribution in [0.2, 0.25) is 0 Å². The van der Waals surface area contributed by atoms with E-state index in [4.69, 9.17) is 4.74 Å². The van der Waals surface area contributed by atoms with E-state index in [0.717, 1.165) is 4.47 Å². The van der Waals surface area contributed by atoms with Crippen LogP contribution in [-0.2, 0) is 9.53 Å². The first-order chi connectivity index (χ1) is 7.61. The average Bonchev–Trinajstić information content (AvgIpc) is 2.29. The fourth-order valence-electron chi connectivity index (χ4n) is 1.11. The summed E-state index contributed by atoms with van der Waals surface area (Å²) in [6.07, 6.45) is 2.89. The summed E-state index contributed by atoms with van der Waals surface area (Å²) in [7, 11) is 1.64. The van der Waals surface area contributed by atoms with E-state index in [1.165, 1.54) is 0 Å². The first-order valence-corrected chi connectivity index (χ1v) is 5.85. The van der Waals surface area contributed by atoms with Gasteiger partial charge in [-0.2, -0.15) is 0 Å². The molecule has 1 heterocycles. The van der Waals surface area contributed by atoms with Crippen molar-refractivity contribution < 1.29 is 9.53 Å². The largest absolute Gasteiger partial charge is 0.382 e. The van der Waals surface area contributed by atoms with Gasteiger partial charge in [0.2, 0.25) is 5.91 Å². The summed E-state index contributed by atoms with van der Waals surface area (Å²) < 4.78 is 5.95. The van der Waals surface area contributed by atoms with Crippen LogP contribution in [-0.4, -0.2) is 24.1 Å². The monoisotopic (exact) mass is 286 g/mol. The van der Waals surface area contributed by atoms with Crippen molar-refractivity contribution in [3.63, 3.8) is 0 Å². The van der Waals surface area contributed by atoms with Gasteiger partial charge in [0.1, 0.15) is 5.82 Å². The van der Waals surface area contributed by atoms with E-state index in [0.29, 0.717) is 18.7 Å². The van der Waals surface area contributed by atoms with Crippen molar-refractivity contribution in [2.45, 2.75) is 25.9 Å². The molecule has 0 aliphatic carbocycles. The maximum Gasteiger partial charge on any atom is 0.225 e. The number of ether oxygens (including phenoxy) is 1. The zero-order chi connectivity index (χ0) is 12.0. The summed E-state index contributed by atoms with van der Waals surface area (Å²) in [6.45, 7) is 1.94. The first kappa shape index (κ1) is 13.1. The van der Waals surface area contributed by atoms with Crippen LogP contribution in [0.3, 0.4) is 0 Å². The molecule has 16 heavy (non-hydrogen) atoms. The van der Waals surface area contributed by atoms with Crippen LogP contribution < -0.4 is 5.32 Å². The highest BCUT2D eigenvalue weighted by atomic mass is 79.9. The minimum absolute atomic E-state index is 0.0428. The Morgan fingerprint density at radius 2 is 2.38 bits per heavy atom. The number of carbonyl (C=O) groups is 1. The van der Waals surface area contributed by atoms with Crippen LogP contribution in [0.5, 0.6) is 0 Å². The van der Waals surface area contributed by atoms with Gasteiger partial charge in [-0.05, 0) is 41.4 Å². The Labute approximate surface area is 104 Å².